The second kappa shape index (κ2) is 8.90. The lowest BCUT2D eigenvalue weighted by molar-refractivity contribution is 0.0504. The quantitative estimate of drug-likeness (QED) is 0.549. The van der Waals surface area contributed by atoms with Crippen molar-refractivity contribution in [2.45, 2.75) is 25.5 Å². The van der Waals surface area contributed by atoms with Crippen LogP contribution in [0, 0.1) is 0 Å². The standard InChI is InChI=1S/C23H22ClNO5/c1-28-20-10-4-7-15-12-18(23(27)30-21(15)20)22(26)25(14-17-8-5-11-29-17)13-16-6-2-3-9-19(16)24/h2-4,6-7,9-10,12,17H,5,8,11,13-14H2,1H3/t17-/m0/s1. The highest BCUT2D eigenvalue weighted by Crippen LogP contribution is 2.26. The molecule has 1 fully saturated rings. The Morgan fingerprint density at radius 2 is 2.07 bits per heavy atom. The highest BCUT2D eigenvalue weighted by atomic mass is 35.5. The lowest BCUT2D eigenvalue weighted by Gasteiger charge is -2.26. The third-order valence-electron chi connectivity index (χ3n) is 5.23. The predicted molar refractivity (Wildman–Crippen MR) is 114 cm³/mol. The number of hydrogen-bond donors (Lipinski definition) is 0. The van der Waals surface area contributed by atoms with Gasteiger partial charge in [-0.3, -0.25) is 4.79 Å². The van der Waals surface area contributed by atoms with Crippen LogP contribution in [0.25, 0.3) is 11.0 Å². The maximum atomic E-state index is 13.4. The van der Waals surface area contributed by atoms with Gasteiger partial charge >= 0.3 is 5.63 Å². The number of amides is 1. The average Bonchev–Trinajstić information content (AvgIpc) is 3.26. The number of fused-ring (bicyclic) bond motifs is 1. The first kappa shape index (κ1) is 20.4. The molecule has 1 aromatic heterocycles. The number of rotatable bonds is 6. The Kier molecular flexibility index (Phi) is 6.06. The molecule has 1 saturated heterocycles. The summed E-state index contributed by atoms with van der Waals surface area (Å²) >= 11 is 6.32. The molecule has 7 heteroatoms. The van der Waals surface area contributed by atoms with E-state index in [-0.39, 0.29) is 18.2 Å². The van der Waals surface area contributed by atoms with E-state index in [9.17, 15) is 9.59 Å². The van der Waals surface area contributed by atoms with Crippen molar-refractivity contribution in [3.63, 3.8) is 0 Å². The van der Waals surface area contributed by atoms with Gasteiger partial charge in [-0.2, -0.15) is 0 Å². The topological polar surface area (TPSA) is 69.0 Å². The van der Waals surface area contributed by atoms with Crippen LogP contribution in [0.2, 0.25) is 5.02 Å². The Morgan fingerprint density at radius 3 is 2.80 bits per heavy atom. The monoisotopic (exact) mass is 427 g/mol. The summed E-state index contributed by atoms with van der Waals surface area (Å²) < 4.78 is 16.4. The normalized spacial score (nSPS) is 16.0. The van der Waals surface area contributed by atoms with Crippen LogP contribution >= 0.6 is 11.6 Å². The maximum absolute atomic E-state index is 13.4. The zero-order valence-electron chi connectivity index (χ0n) is 16.6. The van der Waals surface area contributed by atoms with Gasteiger partial charge in [-0.1, -0.05) is 41.9 Å². The molecule has 1 amide bonds. The smallest absolute Gasteiger partial charge is 0.349 e. The second-order valence-electron chi connectivity index (χ2n) is 7.24. The number of hydrogen-bond acceptors (Lipinski definition) is 5. The van der Waals surface area contributed by atoms with Gasteiger partial charge in [-0.25, -0.2) is 4.79 Å². The molecule has 1 aliphatic rings. The van der Waals surface area contributed by atoms with Crippen LogP contribution in [0.3, 0.4) is 0 Å². The molecule has 2 aromatic carbocycles. The van der Waals surface area contributed by atoms with E-state index in [2.05, 4.69) is 0 Å². The molecule has 0 unspecified atom stereocenters. The molecule has 30 heavy (non-hydrogen) atoms. The van der Waals surface area contributed by atoms with E-state index < -0.39 is 11.5 Å². The third-order valence-corrected chi connectivity index (χ3v) is 5.60. The largest absolute Gasteiger partial charge is 0.493 e. The first-order chi connectivity index (χ1) is 14.6. The molecule has 156 valence electrons. The number of benzene rings is 2. The van der Waals surface area contributed by atoms with Gasteiger partial charge in [-0.15, -0.1) is 0 Å². The summed E-state index contributed by atoms with van der Waals surface area (Å²) in [6.45, 7) is 1.32. The van der Waals surface area contributed by atoms with Crippen LogP contribution in [0.5, 0.6) is 5.75 Å². The van der Waals surface area contributed by atoms with E-state index in [0.717, 1.165) is 18.4 Å². The Labute approximate surface area is 179 Å². The predicted octanol–water partition coefficient (Wildman–Crippen LogP) is 4.28. The number of methoxy groups -OCH3 is 1. The summed E-state index contributed by atoms with van der Waals surface area (Å²) in [6, 6.07) is 14.2. The second-order valence-corrected chi connectivity index (χ2v) is 7.65. The summed E-state index contributed by atoms with van der Waals surface area (Å²) in [6.07, 6.45) is 1.76. The van der Waals surface area contributed by atoms with E-state index in [0.29, 0.717) is 34.9 Å². The van der Waals surface area contributed by atoms with Crippen molar-refractivity contribution in [1.82, 2.24) is 4.90 Å². The van der Waals surface area contributed by atoms with Gasteiger partial charge in [0.25, 0.3) is 5.91 Å². The van der Waals surface area contributed by atoms with E-state index in [1.807, 2.05) is 18.2 Å². The first-order valence-electron chi connectivity index (χ1n) is 9.82. The fourth-order valence-electron chi connectivity index (χ4n) is 3.68. The van der Waals surface area contributed by atoms with Gasteiger partial charge in [0.1, 0.15) is 5.56 Å². The van der Waals surface area contributed by atoms with Crippen molar-refractivity contribution in [3.05, 3.63) is 75.1 Å². The molecule has 0 spiro atoms. The minimum Gasteiger partial charge on any atom is -0.493 e. The molecule has 0 radical (unpaired) electrons. The van der Waals surface area contributed by atoms with Crippen LogP contribution < -0.4 is 10.4 Å². The molecular weight excluding hydrogens is 406 g/mol. The summed E-state index contributed by atoms with van der Waals surface area (Å²) in [7, 11) is 1.50. The fraction of sp³-hybridized carbons (Fsp3) is 0.304. The van der Waals surface area contributed by atoms with E-state index in [1.54, 1.807) is 35.2 Å². The Bertz CT molecular complexity index is 1120. The van der Waals surface area contributed by atoms with Crippen molar-refractivity contribution < 1.29 is 18.7 Å². The van der Waals surface area contributed by atoms with E-state index >= 15 is 0 Å². The van der Waals surface area contributed by atoms with Crippen LogP contribution in [0.15, 0.2) is 57.7 Å². The molecule has 0 bridgehead atoms. The van der Waals surface area contributed by atoms with Gasteiger partial charge in [0, 0.05) is 30.1 Å². The molecule has 4 rings (SSSR count). The first-order valence-corrected chi connectivity index (χ1v) is 10.2. The zero-order valence-corrected chi connectivity index (χ0v) is 17.4. The highest BCUT2D eigenvalue weighted by Gasteiger charge is 2.26. The number of nitrogens with zero attached hydrogens (tertiary/aromatic N) is 1. The van der Waals surface area contributed by atoms with Gasteiger partial charge < -0.3 is 18.8 Å². The van der Waals surface area contributed by atoms with Crippen molar-refractivity contribution in [3.8, 4) is 5.75 Å². The van der Waals surface area contributed by atoms with Gasteiger partial charge in [0.15, 0.2) is 11.3 Å². The summed E-state index contributed by atoms with van der Waals surface area (Å²) in [5.41, 5.74) is 0.394. The van der Waals surface area contributed by atoms with Crippen LogP contribution in [-0.2, 0) is 11.3 Å². The minimum absolute atomic E-state index is 0.0270. The SMILES string of the molecule is COc1cccc2cc(C(=O)N(Cc3ccccc3Cl)C[C@@H]3CCCO3)c(=O)oc12. The third kappa shape index (κ3) is 4.20. The Morgan fingerprint density at radius 1 is 1.23 bits per heavy atom. The molecule has 0 saturated carbocycles. The van der Waals surface area contributed by atoms with Gasteiger partial charge in [0.2, 0.25) is 0 Å². The van der Waals surface area contributed by atoms with Gasteiger partial charge in [0.05, 0.1) is 13.2 Å². The van der Waals surface area contributed by atoms with Crippen LogP contribution in [-0.4, -0.2) is 37.2 Å². The Balaban J connectivity index is 1.70. The number of ether oxygens (including phenoxy) is 2. The Hall–Kier alpha value is -2.83. The summed E-state index contributed by atoms with van der Waals surface area (Å²) in [4.78, 5) is 27.7. The van der Waals surface area contributed by atoms with Crippen molar-refractivity contribution >= 4 is 28.5 Å². The van der Waals surface area contributed by atoms with Crippen molar-refractivity contribution in [2.75, 3.05) is 20.3 Å². The number of carbonyl (C=O) groups is 1. The molecule has 1 aliphatic heterocycles. The molecule has 0 N–H and O–H groups in total. The molecule has 2 heterocycles. The molecule has 6 nitrogen and oxygen atoms in total. The van der Waals surface area contributed by atoms with Crippen molar-refractivity contribution in [2.24, 2.45) is 0 Å². The maximum Gasteiger partial charge on any atom is 0.349 e. The zero-order chi connectivity index (χ0) is 21.1. The van der Waals surface area contributed by atoms with Crippen LogP contribution in [0.4, 0.5) is 0 Å². The van der Waals surface area contributed by atoms with E-state index in [1.165, 1.54) is 7.11 Å². The fourth-order valence-corrected chi connectivity index (χ4v) is 3.88. The lowest BCUT2D eigenvalue weighted by Crippen LogP contribution is -2.39. The van der Waals surface area contributed by atoms with Gasteiger partial charge in [-0.05, 0) is 36.6 Å². The van der Waals surface area contributed by atoms with Crippen molar-refractivity contribution in [1.29, 1.82) is 0 Å². The highest BCUT2D eigenvalue weighted by molar-refractivity contribution is 6.31. The van der Waals surface area contributed by atoms with Crippen LogP contribution in [0.1, 0.15) is 28.8 Å². The summed E-state index contributed by atoms with van der Waals surface area (Å²) in [5, 5.41) is 1.19. The minimum atomic E-state index is -0.700. The number of halogens is 1. The molecule has 1 atom stereocenters. The molecule has 0 aliphatic carbocycles. The molecule has 3 aromatic rings. The number of carbonyl (C=O) groups excluding carboxylic acids is 1. The summed E-state index contributed by atoms with van der Waals surface area (Å²) in [5.74, 6) is 0.0276. The number of para-hydroxylation sites is 1. The van der Waals surface area contributed by atoms with E-state index in [4.69, 9.17) is 25.5 Å². The average molecular weight is 428 g/mol. The molecular formula is C23H22ClNO5. The lowest BCUT2D eigenvalue weighted by atomic mass is 10.1.